The van der Waals surface area contributed by atoms with E-state index in [1.807, 2.05) is 31.2 Å². The van der Waals surface area contributed by atoms with Gasteiger partial charge in [-0.15, -0.1) is 0 Å². The Morgan fingerprint density at radius 2 is 1.92 bits per heavy atom. The molecule has 3 rings (SSSR count). The van der Waals surface area contributed by atoms with E-state index in [4.69, 9.17) is 0 Å². The van der Waals surface area contributed by atoms with Gasteiger partial charge in [0.1, 0.15) is 6.54 Å². The standard InChI is InChI=1S/C17H22N4O2S/c1-13-12-24-17(23)21(13)11-16(22)18-14-5-3-4-6-15(14)20-9-7-19(2)8-10-20/h3-6,12H,7-11H2,1-2H3,(H,18,22). The van der Waals surface area contributed by atoms with E-state index in [-0.39, 0.29) is 17.3 Å². The third-order valence-electron chi connectivity index (χ3n) is 4.30. The monoisotopic (exact) mass is 346 g/mol. The van der Waals surface area contributed by atoms with Crippen LogP contribution >= 0.6 is 11.3 Å². The lowest BCUT2D eigenvalue weighted by Crippen LogP contribution is -2.44. The topological polar surface area (TPSA) is 57.6 Å². The van der Waals surface area contributed by atoms with Gasteiger partial charge in [0.25, 0.3) is 0 Å². The first kappa shape index (κ1) is 16.7. The van der Waals surface area contributed by atoms with Gasteiger partial charge in [-0.05, 0) is 26.1 Å². The average Bonchev–Trinajstić information content (AvgIpc) is 2.88. The minimum atomic E-state index is -0.180. The Morgan fingerprint density at radius 3 is 2.58 bits per heavy atom. The zero-order valence-corrected chi connectivity index (χ0v) is 14.8. The van der Waals surface area contributed by atoms with Gasteiger partial charge in [0.2, 0.25) is 5.91 Å². The molecule has 0 radical (unpaired) electrons. The predicted octanol–water partition coefficient (Wildman–Crippen LogP) is 1.61. The van der Waals surface area contributed by atoms with Crippen LogP contribution in [0.1, 0.15) is 5.69 Å². The van der Waals surface area contributed by atoms with Gasteiger partial charge in [0, 0.05) is 37.3 Å². The lowest BCUT2D eigenvalue weighted by molar-refractivity contribution is -0.116. The van der Waals surface area contributed by atoms with E-state index in [9.17, 15) is 9.59 Å². The normalized spacial score (nSPS) is 15.5. The van der Waals surface area contributed by atoms with Crippen LogP contribution in [0.25, 0.3) is 0 Å². The van der Waals surface area contributed by atoms with E-state index in [0.717, 1.165) is 54.6 Å². The molecule has 2 heterocycles. The Hall–Kier alpha value is -2.12. The number of amides is 1. The second-order valence-electron chi connectivity index (χ2n) is 6.08. The number of aryl methyl sites for hydroxylation is 1. The minimum absolute atomic E-state index is 0.0469. The summed E-state index contributed by atoms with van der Waals surface area (Å²) in [6, 6.07) is 7.84. The number of aromatic nitrogens is 1. The molecule has 0 atom stereocenters. The summed E-state index contributed by atoms with van der Waals surface area (Å²) < 4.78 is 1.50. The van der Waals surface area contributed by atoms with Crippen LogP contribution in [-0.2, 0) is 11.3 Å². The van der Waals surface area contributed by atoms with Crippen molar-refractivity contribution in [2.45, 2.75) is 13.5 Å². The number of hydrogen-bond donors (Lipinski definition) is 1. The van der Waals surface area contributed by atoms with Crippen LogP contribution in [0.4, 0.5) is 11.4 Å². The number of likely N-dealkylation sites (N-methyl/N-ethyl adjacent to an activating group) is 1. The highest BCUT2D eigenvalue weighted by Crippen LogP contribution is 2.26. The molecule has 1 aliphatic heterocycles. The summed E-state index contributed by atoms with van der Waals surface area (Å²) in [5.41, 5.74) is 2.65. The summed E-state index contributed by atoms with van der Waals surface area (Å²) in [5.74, 6) is -0.180. The second kappa shape index (κ2) is 7.19. The van der Waals surface area contributed by atoms with Crippen molar-refractivity contribution in [2.75, 3.05) is 43.4 Å². The van der Waals surface area contributed by atoms with Crippen LogP contribution in [-0.4, -0.2) is 48.6 Å². The first-order valence-corrected chi connectivity index (χ1v) is 8.90. The van der Waals surface area contributed by atoms with Crippen molar-refractivity contribution >= 4 is 28.6 Å². The van der Waals surface area contributed by atoms with Gasteiger partial charge in [-0.25, -0.2) is 0 Å². The van der Waals surface area contributed by atoms with E-state index < -0.39 is 0 Å². The molecule has 0 saturated carbocycles. The second-order valence-corrected chi connectivity index (χ2v) is 6.91. The van der Waals surface area contributed by atoms with Crippen molar-refractivity contribution in [1.29, 1.82) is 0 Å². The van der Waals surface area contributed by atoms with E-state index in [1.165, 1.54) is 4.57 Å². The van der Waals surface area contributed by atoms with E-state index in [0.29, 0.717) is 0 Å². The Bertz CT molecular complexity index is 775. The van der Waals surface area contributed by atoms with Gasteiger partial charge in [-0.3, -0.25) is 14.2 Å². The molecule has 7 heteroatoms. The first-order valence-electron chi connectivity index (χ1n) is 8.02. The highest BCUT2D eigenvalue weighted by atomic mass is 32.1. The number of thiazole rings is 1. The van der Waals surface area contributed by atoms with Crippen LogP contribution in [0.5, 0.6) is 0 Å². The van der Waals surface area contributed by atoms with Gasteiger partial charge >= 0.3 is 4.87 Å². The van der Waals surface area contributed by atoms with E-state index in [1.54, 1.807) is 5.38 Å². The molecule has 1 N–H and O–H groups in total. The molecular weight excluding hydrogens is 324 g/mol. The zero-order chi connectivity index (χ0) is 17.1. The van der Waals surface area contributed by atoms with E-state index >= 15 is 0 Å². The molecule has 0 unspecified atom stereocenters. The largest absolute Gasteiger partial charge is 0.367 e. The van der Waals surface area contributed by atoms with Crippen LogP contribution in [0.15, 0.2) is 34.4 Å². The molecule has 0 aliphatic carbocycles. The summed E-state index contributed by atoms with van der Waals surface area (Å²) in [6.45, 7) is 5.77. The van der Waals surface area contributed by atoms with Gasteiger partial charge in [-0.2, -0.15) is 0 Å². The maximum atomic E-state index is 12.4. The van der Waals surface area contributed by atoms with Crippen LogP contribution in [0.2, 0.25) is 0 Å². The van der Waals surface area contributed by atoms with Crippen molar-refractivity contribution in [3.8, 4) is 0 Å². The molecule has 1 fully saturated rings. The van der Waals surface area contributed by atoms with Crippen molar-refractivity contribution in [2.24, 2.45) is 0 Å². The Labute approximate surface area is 145 Å². The molecule has 6 nitrogen and oxygen atoms in total. The SMILES string of the molecule is Cc1csc(=O)n1CC(=O)Nc1ccccc1N1CCN(C)CC1. The Balaban J connectivity index is 1.73. The highest BCUT2D eigenvalue weighted by molar-refractivity contribution is 7.07. The smallest absolute Gasteiger partial charge is 0.307 e. The van der Waals surface area contributed by atoms with Crippen molar-refractivity contribution < 1.29 is 4.79 Å². The minimum Gasteiger partial charge on any atom is -0.367 e. The maximum Gasteiger partial charge on any atom is 0.307 e. The van der Waals surface area contributed by atoms with Gasteiger partial charge in [0.15, 0.2) is 0 Å². The molecule has 1 saturated heterocycles. The van der Waals surface area contributed by atoms with Crippen molar-refractivity contribution in [1.82, 2.24) is 9.47 Å². The highest BCUT2D eigenvalue weighted by Gasteiger charge is 2.18. The molecule has 2 aromatic rings. The number of rotatable bonds is 4. The summed E-state index contributed by atoms with van der Waals surface area (Å²) >= 11 is 1.12. The number of piperazine rings is 1. The molecule has 1 aliphatic rings. The number of carbonyl (C=O) groups is 1. The fraction of sp³-hybridized carbons (Fsp3) is 0.412. The summed E-state index contributed by atoms with van der Waals surface area (Å²) in [5, 5.41) is 4.73. The molecule has 0 bridgehead atoms. The van der Waals surface area contributed by atoms with Crippen LogP contribution in [0, 0.1) is 6.92 Å². The number of nitrogens with zero attached hydrogens (tertiary/aromatic N) is 3. The summed E-state index contributed by atoms with van der Waals surface area (Å²) in [4.78, 5) is 28.6. The fourth-order valence-corrected chi connectivity index (χ4v) is 3.57. The van der Waals surface area contributed by atoms with Gasteiger partial charge in [0.05, 0.1) is 11.4 Å². The van der Waals surface area contributed by atoms with Crippen LogP contribution in [0.3, 0.4) is 0 Å². The number of nitrogens with one attached hydrogen (secondary N) is 1. The third-order valence-corrected chi connectivity index (χ3v) is 5.18. The molecule has 24 heavy (non-hydrogen) atoms. The molecule has 0 spiro atoms. The average molecular weight is 346 g/mol. The molecular formula is C17H22N4O2S. The summed E-state index contributed by atoms with van der Waals surface area (Å²) in [7, 11) is 2.12. The quantitative estimate of drug-likeness (QED) is 0.914. The zero-order valence-electron chi connectivity index (χ0n) is 14.0. The number of carbonyl (C=O) groups excluding carboxylic acids is 1. The van der Waals surface area contributed by atoms with Crippen molar-refractivity contribution in [3.05, 3.63) is 45.0 Å². The molecule has 1 amide bonds. The lowest BCUT2D eigenvalue weighted by Gasteiger charge is -2.35. The number of hydrogen-bond acceptors (Lipinski definition) is 5. The maximum absolute atomic E-state index is 12.4. The Morgan fingerprint density at radius 1 is 1.21 bits per heavy atom. The molecule has 1 aromatic carbocycles. The van der Waals surface area contributed by atoms with E-state index in [2.05, 4.69) is 22.2 Å². The predicted molar refractivity (Wildman–Crippen MR) is 98.1 cm³/mol. The first-order chi connectivity index (χ1) is 11.5. The molecule has 1 aromatic heterocycles. The number of anilines is 2. The molecule has 128 valence electrons. The lowest BCUT2D eigenvalue weighted by atomic mass is 10.2. The van der Waals surface area contributed by atoms with Crippen molar-refractivity contribution in [3.63, 3.8) is 0 Å². The van der Waals surface area contributed by atoms with Gasteiger partial charge < -0.3 is 15.1 Å². The van der Waals surface area contributed by atoms with Crippen LogP contribution < -0.4 is 15.1 Å². The number of benzene rings is 1. The number of para-hydroxylation sites is 2. The third kappa shape index (κ3) is 3.68. The Kier molecular flexibility index (Phi) is 5.01. The van der Waals surface area contributed by atoms with Gasteiger partial charge in [-0.1, -0.05) is 23.5 Å². The fourth-order valence-electron chi connectivity index (χ4n) is 2.83. The summed E-state index contributed by atoms with van der Waals surface area (Å²) in [6.07, 6.45) is 0.